The van der Waals surface area contributed by atoms with Gasteiger partial charge < -0.3 is 14.7 Å². The smallest absolute Gasteiger partial charge is 0.416 e. The first-order chi connectivity index (χ1) is 14.7. The molecular weight excluding hydrogens is 409 g/mol. The number of pyridine rings is 1. The van der Waals surface area contributed by atoms with Crippen molar-refractivity contribution in [3.8, 4) is 5.75 Å². The lowest BCUT2D eigenvalue weighted by Crippen LogP contribution is -2.49. The highest BCUT2D eigenvalue weighted by molar-refractivity contribution is 5.71. The van der Waals surface area contributed by atoms with Crippen molar-refractivity contribution in [1.82, 2.24) is 4.98 Å². The molecule has 1 N–H and O–H groups in total. The van der Waals surface area contributed by atoms with E-state index in [4.69, 9.17) is 4.74 Å². The second kappa shape index (κ2) is 8.40. The summed E-state index contributed by atoms with van der Waals surface area (Å²) in [4.78, 5) is 17.4. The molecule has 31 heavy (non-hydrogen) atoms. The largest absolute Gasteiger partial charge is 0.493 e. The van der Waals surface area contributed by atoms with E-state index in [-0.39, 0.29) is 11.8 Å². The highest BCUT2D eigenvalue weighted by atomic mass is 19.4. The zero-order valence-electron chi connectivity index (χ0n) is 17.2. The van der Waals surface area contributed by atoms with Crippen LogP contribution in [-0.4, -0.2) is 35.8 Å². The van der Waals surface area contributed by atoms with Gasteiger partial charge in [0.2, 0.25) is 0 Å². The molecule has 4 rings (SSSR count). The van der Waals surface area contributed by atoms with Crippen LogP contribution in [0.4, 0.5) is 19.0 Å². The maximum atomic E-state index is 12.9. The molecule has 0 spiro atoms. The van der Waals surface area contributed by atoms with Crippen LogP contribution in [0.1, 0.15) is 36.8 Å². The molecule has 0 unspecified atom stereocenters. The Bertz CT molecular complexity index is 940. The first kappa shape index (κ1) is 21.5. The van der Waals surface area contributed by atoms with Crippen molar-refractivity contribution >= 4 is 11.8 Å². The van der Waals surface area contributed by atoms with Gasteiger partial charge in [-0.1, -0.05) is 19.1 Å². The van der Waals surface area contributed by atoms with E-state index >= 15 is 0 Å². The number of alkyl halides is 3. The third kappa shape index (κ3) is 4.94. The molecule has 1 aliphatic carbocycles. The summed E-state index contributed by atoms with van der Waals surface area (Å²) in [5.74, 6) is 0.342. The Kier molecular flexibility index (Phi) is 5.81. The Balaban J connectivity index is 1.33. The zero-order chi connectivity index (χ0) is 22.2. The lowest BCUT2D eigenvalue weighted by atomic mass is 9.83. The number of hydrogen-bond donors (Lipinski definition) is 1. The fourth-order valence-corrected chi connectivity index (χ4v) is 4.23. The van der Waals surface area contributed by atoms with E-state index in [9.17, 15) is 23.1 Å². The summed E-state index contributed by atoms with van der Waals surface area (Å²) in [6.45, 7) is 3.36. The van der Waals surface area contributed by atoms with Crippen molar-refractivity contribution in [1.29, 1.82) is 0 Å². The Morgan fingerprint density at radius 2 is 2.00 bits per heavy atom. The quantitative estimate of drug-likeness (QED) is 0.645. The van der Waals surface area contributed by atoms with Crippen LogP contribution < -0.4 is 9.64 Å². The Morgan fingerprint density at radius 1 is 1.26 bits per heavy atom. The fraction of sp³-hybridized carbons (Fsp3) is 0.478. The van der Waals surface area contributed by atoms with Crippen molar-refractivity contribution < 1.29 is 27.8 Å². The van der Waals surface area contributed by atoms with Gasteiger partial charge in [0.15, 0.2) is 0 Å². The minimum atomic E-state index is -4.38. The number of carboxylic acid groups (broad SMARTS) is 1. The molecule has 1 saturated carbocycles. The number of benzene rings is 1. The van der Waals surface area contributed by atoms with Gasteiger partial charge in [-0.05, 0) is 54.5 Å². The van der Waals surface area contributed by atoms with Gasteiger partial charge in [0.1, 0.15) is 11.6 Å². The SMILES string of the molecule is C[C@H](C(=O)O)[C@H](c1cccc(OCC2CN(c3cc(C(F)(F)F)ccn3)C2)c1)C1CC1. The Hall–Kier alpha value is -2.77. The van der Waals surface area contributed by atoms with Gasteiger partial charge in [0.25, 0.3) is 0 Å². The lowest BCUT2D eigenvalue weighted by molar-refractivity contribution is -0.142. The number of hydrogen-bond acceptors (Lipinski definition) is 4. The maximum absolute atomic E-state index is 12.9. The van der Waals surface area contributed by atoms with E-state index in [1.165, 1.54) is 6.20 Å². The molecule has 2 heterocycles. The summed E-state index contributed by atoms with van der Waals surface area (Å²) in [5, 5.41) is 9.45. The first-order valence-corrected chi connectivity index (χ1v) is 10.5. The molecular formula is C23H25F3N2O3. The van der Waals surface area contributed by atoms with E-state index < -0.39 is 23.6 Å². The third-order valence-corrected chi connectivity index (χ3v) is 6.14. The molecule has 0 amide bonds. The van der Waals surface area contributed by atoms with Gasteiger partial charge >= 0.3 is 12.1 Å². The van der Waals surface area contributed by atoms with Crippen molar-refractivity contribution in [3.63, 3.8) is 0 Å². The summed E-state index contributed by atoms with van der Waals surface area (Å²) in [7, 11) is 0. The number of carbonyl (C=O) groups is 1. The summed E-state index contributed by atoms with van der Waals surface area (Å²) in [6.07, 6.45) is -1.10. The van der Waals surface area contributed by atoms with Crippen LogP contribution in [0.25, 0.3) is 0 Å². The first-order valence-electron chi connectivity index (χ1n) is 10.5. The predicted molar refractivity (Wildman–Crippen MR) is 109 cm³/mol. The Labute approximate surface area is 178 Å². The molecule has 1 aliphatic heterocycles. The van der Waals surface area contributed by atoms with Crippen LogP contribution in [0, 0.1) is 17.8 Å². The number of halogens is 3. The van der Waals surface area contributed by atoms with E-state index in [2.05, 4.69) is 4.98 Å². The monoisotopic (exact) mass is 434 g/mol. The van der Waals surface area contributed by atoms with Crippen molar-refractivity contribution in [2.75, 3.05) is 24.6 Å². The van der Waals surface area contributed by atoms with Crippen LogP contribution in [-0.2, 0) is 11.0 Å². The van der Waals surface area contributed by atoms with Crippen LogP contribution in [0.15, 0.2) is 42.6 Å². The maximum Gasteiger partial charge on any atom is 0.416 e. The lowest BCUT2D eigenvalue weighted by Gasteiger charge is -2.40. The third-order valence-electron chi connectivity index (χ3n) is 6.14. The fourth-order valence-electron chi connectivity index (χ4n) is 4.23. The Morgan fingerprint density at radius 3 is 2.65 bits per heavy atom. The molecule has 2 fully saturated rings. The molecule has 1 aromatic carbocycles. The van der Waals surface area contributed by atoms with E-state index in [1.807, 2.05) is 24.3 Å². The predicted octanol–water partition coefficient (Wildman–Crippen LogP) is 4.83. The minimum Gasteiger partial charge on any atom is -0.493 e. The van der Waals surface area contributed by atoms with Crippen molar-refractivity contribution in [2.24, 2.45) is 17.8 Å². The van der Waals surface area contributed by atoms with Gasteiger partial charge in [-0.3, -0.25) is 4.79 Å². The van der Waals surface area contributed by atoms with Gasteiger partial charge in [-0.2, -0.15) is 13.2 Å². The molecule has 0 radical (unpaired) electrons. The number of rotatable bonds is 8. The second-order valence-electron chi connectivity index (χ2n) is 8.55. The molecule has 0 bridgehead atoms. The van der Waals surface area contributed by atoms with Crippen LogP contribution >= 0.6 is 0 Å². The van der Waals surface area contributed by atoms with E-state index in [0.717, 1.165) is 30.5 Å². The van der Waals surface area contributed by atoms with Gasteiger partial charge in [0, 0.05) is 25.2 Å². The van der Waals surface area contributed by atoms with Crippen LogP contribution in [0.3, 0.4) is 0 Å². The van der Waals surface area contributed by atoms with Crippen molar-refractivity contribution in [2.45, 2.75) is 31.9 Å². The minimum absolute atomic E-state index is 0.0211. The number of ether oxygens (including phenoxy) is 1. The number of nitrogens with zero attached hydrogens (tertiary/aromatic N) is 2. The number of aromatic nitrogens is 1. The zero-order valence-corrected chi connectivity index (χ0v) is 17.2. The normalized spacial score (nSPS) is 18.9. The molecule has 2 aliphatic rings. The van der Waals surface area contributed by atoms with Crippen LogP contribution in [0.2, 0.25) is 0 Å². The van der Waals surface area contributed by atoms with Crippen molar-refractivity contribution in [3.05, 3.63) is 53.7 Å². The average Bonchev–Trinajstić information content (AvgIpc) is 3.52. The summed E-state index contributed by atoms with van der Waals surface area (Å²) >= 11 is 0. The second-order valence-corrected chi connectivity index (χ2v) is 8.55. The molecule has 5 nitrogen and oxygen atoms in total. The number of carboxylic acids is 1. The molecule has 166 valence electrons. The molecule has 1 aromatic heterocycles. The van der Waals surface area contributed by atoms with E-state index in [0.29, 0.717) is 37.2 Å². The summed E-state index contributed by atoms with van der Waals surface area (Å²) in [5.41, 5.74) is 0.285. The summed E-state index contributed by atoms with van der Waals surface area (Å²) in [6, 6.07) is 9.66. The molecule has 8 heteroatoms. The van der Waals surface area contributed by atoms with Gasteiger partial charge in [-0.15, -0.1) is 0 Å². The number of aliphatic carboxylic acids is 1. The van der Waals surface area contributed by atoms with Gasteiger partial charge in [-0.25, -0.2) is 4.98 Å². The van der Waals surface area contributed by atoms with Gasteiger partial charge in [0.05, 0.1) is 18.1 Å². The standard InChI is InChI=1S/C23H25F3N2O3/c1-14(22(29)30)21(16-5-6-16)17-3-2-4-19(9-17)31-13-15-11-28(12-15)20-10-18(7-8-27-20)23(24,25)26/h2-4,7-10,14-16,21H,5-6,11-13H2,1H3,(H,29,30)/t14-,21-/m0/s1. The molecule has 1 saturated heterocycles. The topological polar surface area (TPSA) is 62.7 Å². The highest BCUT2D eigenvalue weighted by Gasteiger charge is 2.39. The molecule has 2 aromatic rings. The van der Waals surface area contributed by atoms with Crippen LogP contribution in [0.5, 0.6) is 5.75 Å². The number of anilines is 1. The molecule has 2 atom stereocenters. The summed E-state index contributed by atoms with van der Waals surface area (Å²) < 4.78 is 44.6. The highest BCUT2D eigenvalue weighted by Crippen LogP contribution is 2.47. The average molecular weight is 434 g/mol. The van der Waals surface area contributed by atoms with E-state index in [1.54, 1.807) is 11.8 Å².